The lowest BCUT2D eigenvalue weighted by molar-refractivity contribution is -0.170. The molecule has 8 atom stereocenters. The van der Waals surface area contributed by atoms with Crippen LogP contribution in [0.5, 0.6) is 0 Å². The zero-order chi connectivity index (χ0) is 16.4. The van der Waals surface area contributed by atoms with Gasteiger partial charge in [0.15, 0.2) is 0 Å². The third-order valence-corrected chi connectivity index (χ3v) is 8.86. The summed E-state index contributed by atoms with van der Waals surface area (Å²) in [4.78, 5) is 2.45. The Kier molecular flexibility index (Phi) is 3.87. The number of hydrogen-bond acceptors (Lipinski definition) is 3. The summed E-state index contributed by atoms with van der Waals surface area (Å²) in [5, 5.41) is 21.0. The number of aliphatic hydroxyl groups is 2. The van der Waals surface area contributed by atoms with Crippen molar-refractivity contribution in [1.82, 2.24) is 4.90 Å². The first-order chi connectivity index (χ1) is 10.9. The fraction of sp³-hybridized carbons (Fsp3) is 1.00. The topological polar surface area (TPSA) is 43.7 Å². The number of β-amino-alcohol motifs (C(OH)–C–C–N with tert-alkyl or cyclic N) is 1. The monoisotopic (exact) mass is 321 g/mol. The first kappa shape index (κ1) is 16.4. The first-order valence-electron chi connectivity index (χ1n) is 9.93. The molecular weight excluding hydrogens is 286 g/mol. The number of likely N-dealkylation sites (tertiary alicyclic amines) is 1. The molecule has 0 amide bonds. The molecule has 0 aromatic rings. The molecule has 8 unspecified atom stereocenters. The summed E-state index contributed by atoms with van der Waals surface area (Å²) in [6, 6.07) is 0. The molecule has 4 fully saturated rings. The van der Waals surface area contributed by atoms with Crippen molar-refractivity contribution in [3.05, 3.63) is 0 Å². The summed E-state index contributed by atoms with van der Waals surface area (Å²) in [5.41, 5.74) is 0.611. The molecule has 0 aromatic carbocycles. The summed E-state index contributed by atoms with van der Waals surface area (Å²) in [6.07, 6.45) is 9.33. The van der Waals surface area contributed by atoms with E-state index < -0.39 is 0 Å². The van der Waals surface area contributed by atoms with Crippen molar-refractivity contribution in [2.75, 3.05) is 13.6 Å². The van der Waals surface area contributed by atoms with Gasteiger partial charge in [-0.2, -0.15) is 0 Å². The summed E-state index contributed by atoms with van der Waals surface area (Å²) in [7, 11) is 2.22. The number of likely N-dealkylation sites (N-methyl/N-ethyl adjacent to an activating group) is 1. The van der Waals surface area contributed by atoms with Gasteiger partial charge in [0.2, 0.25) is 0 Å². The molecule has 2 N–H and O–H groups in total. The van der Waals surface area contributed by atoms with Crippen LogP contribution < -0.4 is 0 Å². The smallest absolute Gasteiger partial charge is 0.0670 e. The van der Waals surface area contributed by atoms with Gasteiger partial charge in [0.25, 0.3) is 0 Å². The van der Waals surface area contributed by atoms with Crippen LogP contribution in [0.15, 0.2) is 0 Å². The largest absolute Gasteiger partial charge is 0.393 e. The van der Waals surface area contributed by atoms with E-state index in [1.165, 1.54) is 38.5 Å². The normalized spacial score (nSPS) is 57.3. The predicted molar refractivity (Wildman–Crippen MR) is 92.1 cm³/mol. The standard InChI is InChI=1S/C20H35NO2/c1-19-9-4-5-18(23)16(19)7-6-14-15(19)8-10-20(2)17(14)11-13(22)12-21(20)3/h13-18,22-23H,4-12H2,1-3H3. The summed E-state index contributed by atoms with van der Waals surface area (Å²) >= 11 is 0. The second-order valence-electron chi connectivity index (χ2n) is 9.69. The number of piperidine rings is 1. The minimum absolute atomic E-state index is 0.0670. The lowest BCUT2D eigenvalue weighted by Gasteiger charge is -2.64. The molecule has 0 aromatic heterocycles. The number of rotatable bonds is 0. The lowest BCUT2D eigenvalue weighted by atomic mass is 9.44. The van der Waals surface area contributed by atoms with Crippen LogP contribution in [0.4, 0.5) is 0 Å². The van der Waals surface area contributed by atoms with Crippen LogP contribution in [0.2, 0.25) is 0 Å². The Morgan fingerprint density at radius 2 is 1.70 bits per heavy atom. The van der Waals surface area contributed by atoms with E-state index in [-0.39, 0.29) is 17.7 Å². The van der Waals surface area contributed by atoms with E-state index in [4.69, 9.17) is 0 Å². The Bertz CT molecular complexity index is 469. The summed E-state index contributed by atoms with van der Waals surface area (Å²) in [6.45, 7) is 5.77. The van der Waals surface area contributed by atoms with Gasteiger partial charge in [0.05, 0.1) is 12.2 Å². The highest BCUT2D eigenvalue weighted by molar-refractivity contribution is 5.11. The van der Waals surface area contributed by atoms with Gasteiger partial charge in [-0.3, -0.25) is 4.90 Å². The average Bonchev–Trinajstić information content (AvgIpc) is 2.48. The highest BCUT2D eigenvalue weighted by Crippen LogP contribution is 2.63. The number of nitrogens with zero attached hydrogens (tertiary/aromatic N) is 1. The van der Waals surface area contributed by atoms with Gasteiger partial charge in [-0.25, -0.2) is 0 Å². The molecule has 3 nitrogen and oxygen atoms in total. The van der Waals surface area contributed by atoms with Crippen LogP contribution in [0, 0.1) is 29.1 Å². The van der Waals surface area contributed by atoms with Crippen molar-refractivity contribution in [2.24, 2.45) is 29.1 Å². The van der Waals surface area contributed by atoms with E-state index in [9.17, 15) is 10.2 Å². The van der Waals surface area contributed by atoms with Crippen molar-refractivity contribution in [3.8, 4) is 0 Å². The Morgan fingerprint density at radius 3 is 2.48 bits per heavy atom. The fourth-order valence-corrected chi connectivity index (χ4v) is 7.48. The molecule has 23 heavy (non-hydrogen) atoms. The highest BCUT2D eigenvalue weighted by Gasteiger charge is 2.59. The molecule has 3 heteroatoms. The van der Waals surface area contributed by atoms with E-state index in [2.05, 4.69) is 25.8 Å². The van der Waals surface area contributed by atoms with Crippen LogP contribution in [0.3, 0.4) is 0 Å². The van der Waals surface area contributed by atoms with Gasteiger partial charge in [-0.05, 0) is 88.0 Å². The maximum Gasteiger partial charge on any atom is 0.0670 e. The quantitative estimate of drug-likeness (QED) is 0.721. The SMILES string of the molecule is CN1CC(O)CC2C3CCC4C(O)CCCC4(C)C3CCC21C. The number of fused-ring (bicyclic) bond motifs is 5. The molecule has 3 saturated carbocycles. The van der Waals surface area contributed by atoms with Crippen LogP contribution in [-0.4, -0.2) is 46.5 Å². The Balaban J connectivity index is 1.65. The summed E-state index contributed by atoms with van der Waals surface area (Å²) in [5.74, 6) is 2.66. The molecule has 1 heterocycles. The van der Waals surface area contributed by atoms with Gasteiger partial charge in [-0.1, -0.05) is 13.3 Å². The van der Waals surface area contributed by atoms with Crippen LogP contribution in [0.1, 0.15) is 65.2 Å². The maximum atomic E-state index is 10.6. The van der Waals surface area contributed by atoms with Crippen molar-refractivity contribution in [2.45, 2.75) is 83.0 Å². The van der Waals surface area contributed by atoms with Gasteiger partial charge < -0.3 is 10.2 Å². The van der Waals surface area contributed by atoms with Crippen molar-refractivity contribution in [3.63, 3.8) is 0 Å². The molecule has 4 aliphatic rings. The van der Waals surface area contributed by atoms with E-state index in [1.807, 2.05) is 0 Å². The summed E-state index contributed by atoms with van der Waals surface area (Å²) < 4.78 is 0. The van der Waals surface area contributed by atoms with Crippen LogP contribution in [0.25, 0.3) is 0 Å². The van der Waals surface area contributed by atoms with E-state index in [0.29, 0.717) is 17.3 Å². The molecule has 0 bridgehead atoms. The molecular formula is C20H35NO2. The van der Waals surface area contributed by atoms with E-state index in [0.717, 1.165) is 31.2 Å². The third kappa shape index (κ3) is 2.26. The van der Waals surface area contributed by atoms with Gasteiger partial charge >= 0.3 is 0 Å². The van der Waals surface area contributed by atoms with Gasteiger partial charge in [0, 0.05) is 12.1 Å². The second kappa shape index (κ2) is 5.44. The molecule has 3 aliphatic carbocycles. The third-order valence-electron chi connectivity index (χ3n) is 8.86. The second-order valence-corrected chi connectivity index (χ2v) is 9.69. The highest BCUT2D eigenvalue weighted by atomic mass is 16.3. The average molecular weight is 322 g/mol. The van der Waals surface area contributed by atoms with Crippen LogP contribution in [-0.2, 0) is 0 Å². The molecule has 0 radical (unpaired) electrons. The minimum atomic E-state index is -0.153. The van der Waals surface area contributed by atoms with E-state index in [1.54, 1.807) is 0 Å². The van der Waals surface area contributed by atoms with Gasteiger partial charge in [0.1, 0.15) is 0 Å². The Labute approximate surface area is 141 Å². The van der Waals surface area contributed by atoms with Crippen molar-refractivity contribution in [1.29, 1.82) is 0 Å². The zero-order valence-corrected chi connectivity index (χ0v) is 15.2. The minimum Gasteiger partial charge on any atom is -0.393 e. The zero-order valence-electron chi connectivity index (χ0n) is 15.2. The van der Waals surface area contributed by atoms with Crippen LogP contribution >= 0.6 is 0 Å². The Morgan fingerprint density at radius 1 is 0.913 bits per heavy atom. The Hall–Kier alpha value is -0.120. The molecule has 4 rings (SSSR count). The first-order valence-corrected chi connectivity index (χ1v) is 9.93. The number of hydrogen-bond donors (Lipinski definition) is 2. The number of aliphatic hydroxyl groups excluding tert-OH is 2. The lowest BCUT2D eigenvalue weighted by Crippen LogP contribution is -2.65. The predicted octanol–water partition coefficient (Wildman–Crippen LogP) is 3.05. The van der Waals surface area contributed by atoms with Gasteiger partial charge in [-0.15, -0.1) is 0 Å². The van der Waals surface area contributed by atoms with Crippen molar-refractivity contribution < 1.29 is 10.2 Å². The van der Waals surface area contributed by atoms with E-state index >= 15 is 0 Å². The maximum absolute atomic E-state index is 10.6. The molecule has 132 valence electrons. The van der Waals surface area contributed by atoms with Crippen molar-refractivity contribution >= 4 is 0 Å². The fourth-order valence-electron chi connectivity index (χ4n) is 7.48. The molecule has 1 aliphatic heterocycles. The molecule has 0 spiro atoms. The molecule has 1 saturated heterocycles.